The van der Waals surface area contributed by atoms with Crippen LogP contribution in [0.1, 0.15) is 50.5 Å². The highest BCUT2D eigenvalue weighted by atomic mass is 32.2. The Hall–Kier alpha value is -1.64. The van der Waals surface area contributed by atoms with Gasteiger partial charge in [-0.05, 0) is 57.6 Å². The Labute approximate surface area is 185 Å². The lowest BCUT2D eigenvalue weighted by atomic mass is 9.68. The topological polar surface area (TPSA) is 90.0 Å². The van der Waals surface area contributed by atoms with Crippen molar-refractivity contribution < 1.29 is 18.3 Å². The number of carbonyl (C=O) groups excluding carboxylic acids is 1. The lowest BCUT2D eigenvalue weighted by Gasteiger charge is -2.50. The molecule has 2 N–H and O–H groups in total. The summed E-state index contributed by atoms with van der Waals surface area (Å²) >= 11 is 0. The monoisotopic (exact) mass is 449 g/mol. The van der Waals surface area contributed by atoms with E-state index in [0.29, 0.717) is 13.1 Å². The van der Waals surface area contributed by atoms with E-state index in [1.807, 2.05) is 18.0 Å². The molecule has 1 aromatic rings. The van der Waals surface area contributed by atoms with Crippen molar-refractivity contribution in [3.63, 3.8) is 0 Å². The van der Waals surface area contributed by atoms with Gasteiger partial charge in [0.2, 0.25) is 0 Å². The van der Waals surface area contributed by atoms with E-state index in [1.165, 1.54) is 11.8 Å². The summed E-state index contributed by atoms with van der Waals surface area (Å²) in [6, 6.07) is 10.3. The quantitative estimate of drug-likeness (QED) is 0.666. The Morgan fingerprint density at radius 3 is 2.23 bits per heavy atom. The lowest BCUT2D eigenvalue weighted by molar-refractivity contribution is -0.0690. The van der Waals surface area contributed by atoms with Crippen LogP contribution in [0.5, 0.6) is 0 Å². The predicted molar refractivity (Wildman–Crippen MR) is 121 cm³/mol. The number of hydrogen-bond acceptors (Lipinski definition) is 5. The molecular weight excluding hydrogens is 414 g/mol. The summed E-state index contributed by atoms with van der Waals surface area (Å²) < 4.78 is 23.4. The molecule has 0 aromatic heterocycles. The molecule has 8 heteroatoms. The standard InChI is InChI=1S/C23H35N3O4S/c1-24-23(19-7-4-3-5-8-19)13-11-21(12-14-23)17-25(15-16-31(2,29)30)20(27)26(21)18-22(28)9-6-10-22/h3-5,7-8,24,28H,6,9-18H2,1-2H3. The average molecular weight is 450 g/mol. The molecule has 2 saturated carbocycles. The van der Waals surface area contributed by atoms with Crippen LogP contribution in [0.2, 0.25) is 0 Å². The maximum absolute atomic E-state index is 13.3. The molecule has 1 saturated heterocycles. The fraction of sp³-hybridized carbons (Fsp3) is 0.696. The molecule has 0 unspecified atom stereocenters. The van der Waals surface area contributed by atoms with Gasteiger partial charge in [0.15, 0.2) is 0 Å². The predicted octanol–water partition coefficient (Wildman–Crippen LogP) is 2.11. The molecular formula is C23H35N3O4S. The first-order chi connectivity index (χ1) is 14.6. The van der Waals surface area contributed by atoms with Crippen LogP contribution in [0.25, 0.3) is 0 Å². The number of sulfone groups is 1. The maximum Gasteiger partial charge on any atom is 0.320 e. The minimum absolute atomic E-state index is 0.0304. The van der Waals surface area contributed by atoms with Crippen LogP contribution in [0.15, 0.2) is 30.3 Å². The van der Waals surface area contributed by atoms with E-state index in [0.717, 1.165) is 44.9 Å². The van der Waals surface area contributed by atoms with E-state index in [1.54, 1.807) is 4.90 Å². The number of amides is 2. The fourth-order valence-electron chi connectivity index (χ4n) is 5.62. The van der Waals surface area contributed by atoms with Crippen LogP contribution >= 0.6 is 0 Å². The van der Waals surface area contributed by atoms with Crippen molar-refractivity contribution in [2.45, 2.75) is 61.6 Å². The Bertz CT molecular complexity index is 906. The van der Waals surface area contributed by atoms with Crippen LogP contribution in [0.3, 0.4) is 0 Å². The highest BCUT2D eigenvalue weighted by molar-refractivity contribution is 7.90. The SMILES string of the molecule is CNC1(c2ccccc2)CCC2(CC1)CN(CCS(C)(=O)=O)C(=O)N2CC1(O)CCC1. The number of benzene rings is 1. The van der Waals surface area contributed by atoms with Gasteiger partial charge >= 0.3 is 6.03 Å². The Balaban J connectivity index is 1.57. The second kappa shape index (κ2) is 8.05. The summed E-state index contributed by atoms with van der Waals surface area (Å²) in [5.74, 6) is -0.0304. The molecule has 1 aliphatic heterocycles. The molecule has 1 spiro atoms. The zero-order chi connectivity index (χ0) is 22.3. The summed E-state index contributed by atoms with van der Waals surface area (Å²) in [4.78, 5) is 16.9. The van der Waals surface area contributed by atoms with Gasteiger partial charge in [0.1, 0.15) is 9.84 Å². The third-order valence-corrected chi connectivity index (χ3v) is 8.79. The van der Waals surface area contributed by atoms with Gasteiger partial charge in [0.25, 0.3) is 0 Å². The Morgan fingerprint density at radius 1 is 1.06 bits per heavy atom. The smallest absolute Gasteiger partial charge is 0.320 e. The molecule has 3 aliphatic rings. The number of nitrogens with one attached hydrogen (secondary N) is 1. The Kier molecular flexibility index (Phi) is 5.85. The second-order valence-electron chi connectivity index (χ2n) is 9.92. The van der Waals surface area contributed by atoms with Gasteiger partial charge in [0, 0.05) is 24.9 Å². The molecule has 2 amide bonds. The fourth-order valence-corrected chi connectivity index (χ4v) is 6.17. The number of hydrogen-bond donors (Lipinski definition) is 2. The number of urea groups is 1. The largest absolute Gasteiger partial charge is 0.388 e. The molecule has 1 aromatic carbocycles. The van der Waals surface area contributed by atoms with Crippen LogP contribution in [-0.2, 0) is 15.4 Å². The molecule has 172 valence electrons. The molecule has 0 atom stereocenters. The third-order valence-electron chi connectivity index (χ3n) is 7.87. The zero-order valence-electron chi connectivity index (χ0n) is 18.6. The minimum Gasteiger partial charge on any atom is -0.388 e. The molecule has 31 heavy (non-hydrogen) atoms. The Morgan fingerprint density at radius 2 is 1.71 bits per heavy atom. The van der Waals surface area contributed by atoms with Gasteiger partial charge in [-0.25, -0.2) is 13.2 Å². The normalized spacial score (nSPS) is 30.6. The van der Waals surface area contributed by atoms with Gasteiger partial charge in [-0.2, -0.15) is 0 Å². The molecule has 3 fully saturated rings. The molecule has 0 radical (unpaired) electrons. The first kappa shape index (κ1) is 22.6. The van der Waals surface area contributed by atoms with Crippen molar-refractivity contribution in [2.24, 2.45) is 0 Å². The van der Waals surface area contributed by atoms with E-state index < -0.39 is 15.4 Å². The van der Waals surface area contributed by atoms with Gasteiger partial charge in [-0.15, -0.1) is 0 Å². The number of carbonyl (C=O) groups is 1. The van der Waals surface area contributed by atoms with E-state index in [2.05, 4.69) is 29.6 Å². The first-order valence-electron chi connectivity index (χ1n) is 11.3. The van der Waals surface area contributed by atoms with Crippen molar-refractivity contribution in [1.29, 1.82) is 0 Å². The van der Waals surface area contributed by atoms with E-state index >= 15 is 0 Å². The van der Waals surface area contributed by atoms with E-state index in [9.17, 15) is 18.3 Å². The minimum atomic E-state index is -3.15. The van der Waals surface area contributed by atoms with Crippen LogP contribution in [0.4, 0.5) is 4.79 Å². The highest BCUT2D eigenvalue weighted by Gasteiger charge is 2.55. The van der Waals surface area contributed by atoms with Crippen molar-refractivity contribution in [2.75, 3.05) is 38.7 Å². The summed E-state index contributed by atoms with van der Waals surface area (Å²) in [6.07, 6.45) is 7.05. The molecule has 1 heterocycles. The second-order valence-corrected chi connectivity index (χ2v) is 12.2. The summed E-state index contributed by atoms with van der Waals surface area (Å²) in [5.41, 5.74) is -0.0224. The highest BCUT2D eigenvalue weighted by Crippen LogP contribution is 2.48. The number of rotatable bonds is 7. The third kappa shape index (κ3) is 4.34. The number of nitrogens with zero attached hydrogens (tertiary/aromatic N) is 2. The van der Waals surface area contributed by atoms with Gasteiger partial charge in [-0.3, -0.25) is 0 Å². The molecule has 2 aliphatic carbocycles. The van der Waals surface area contributed by atoms with Crippen molar-refractivity contribution in [1.82, 2.24) is 15.1 Å². The maximum atomic E-state index is 13.3. The van der Waals surface area contributed by atoms with Crippen molar-refractivity contribution >= 4 is 15.9 Å². The average Bonchev–Trinajstić information content (AvgIpc) is 2.98. The van der Waals surface area contributed by atoms with Crippen LogP contribution in [0, 0.1) is 0 Å². The van der Waals surface area contributed by atoms with Gasteiger partial charge < -0.3 is 20.2 Å². The van der Waals surface area contributed by atoms with E-state index in [-0.39, 0.29) is 29.4 Å². The van der Waals surface area contributed by atoms with Gasteiger partial charge in [0.05, 0.1) is 23.4 Å². The summed E-state index contributed by atoms with van der Waals surface area (Å²) in [6.45, 7) is 1.09. The molecule has 4 rings (SSSR count). The molecule has 7 nitrogen and oxygen atoms in total. The van der Waals surface area contributed by atoms with E-state index in [4.69, 9.17) is 0 Å². The van der Waals surface area contributed by atoms with Crippen LogP contribution < -0.4 is 5.32 Å². The number of aliphatic hydroxyl groups is 1. The van der Waals surface area contributed by atoms with Crippen LogP contribution in [-0.4, -0.2) is 79.2 Å². The van der Waals surface area contributed by atoms with Crippen molar-refractivity contribution in [3.8, 4) is 0 Å². The number of β-amino-alcohol motifs (C(OH)–C–C–N with tert-alkyl or cyclic N) is 1. The lowest BCUT2D eigenvalue weighted by Crippen LogP contribution is -2.59. The van der Waals surface area contributed by atoms with Gasteiger partial charge in [-0.1, -0.05) is 30.3 Å². The van der Waals surface area contributed by atoms with Crippen molar-refractivity contribution in [3.05, 3.63) is 35.9 Å². The summed E-state index contributed by atoms with van der Waals surface area (Å²) in [7, 11) is -1.16. The first-order valence-corrected chi connectivity index (χ1v) is 13.4. The summed E-state index contributed by atoms with van der Waals surface area (Å²) in [5, 5.41) is 14.4. The zero-order valence-corrected chi connectivity index (χ0v) is 19.5. The molecule has 0 bridgehead atoms.